The predicted octanol–water partition coefficient (Wildman–Crippen LogP) is 4.16. The molecule has 7 nitrogen and oxygen atoms in total. The van der Waals surface area contributed by atoms with Crippen LogP contribution in [-0.4, -0.2) is 38.7 Å². The van der Waals surface area contributed by atoms with Crippen molar-refractivity contribution >= 4 is 58.1 Å². The van der Waals surface area contributed by atoms with Crippen molar-refractivity contribution in [2.45, 2.75) is 6.92 Å². The molecule has 0 bridgehead atoms. The van der Waals surface area contributed by atoms with E-state index in [9.17, 15) is 9.59 Å². The third kappa shape index (κ3) is 4.93. The zero-order valence-corrected chi connectivity index (χ0v) is 19.2. The highest BCUT2D eigenvalue weighted by molar-refractivity contribution is 14.1. The number of esters is 2. The predicted molar refractivity (Wildman–Crippen MR) is 120 cm³/mol. The van der Waals surface area contributed by atoms with E-state index in [1.54, 1.807) is 12.1 Å². The summed E-state index contributed by atoms with van der Waals surface area (Å²) in [5.41, 5.74) is 2.45. The molecule has 0 saturated heterocycles. The maximum Gasteiger partial charge on any atom is 0.363 e. The van der Waals surface area contributed by atoms with Gasteiger partial charge in [-0.05, 0) is 77.0 Å². The van der Waals surface area contributed by atoms with Gasteiger partial charge in [0.1, 0.15) is 0 Å². The van der Waals surface area contributed by atoms with Crippen molar-refractivity contribution in [3.63, 3.8) is 0 Å². The first kappa shape index (κ1) is 22.1. The molecule has 0 fully saturated rings. The van der Waals surface area contributed by atoms with Gasteiger partial charge in [0.2, 0.25) is 5.90 Å². The number of methoxy groups -OCH3 is 2. The number of carbonyl (C=O) groups excluding carboxylic acids is 2. The van der Waals surface area contributed by atoms with E-state index in [2.05, 4.69) is 32.3 Å². The standard InChI is InChI=1S/C21H17ClINO6/c1-11-6-13(4-5-15(11)23)20-24-16(21(26)30-20)8-12-7-14(22)19(17(9-12)27-2)29-10-18(25)28-3/h4-9H,10H2,1-3H3/b16-8-. The van der Waals surface area contributed by atoms with E-state index in [1.807, 2.05) is 25.1 Å². The van der Waals surface area contributed by atoms with Gasteiger partial charge in [-0.2, -0.15) is 0 Å². The number of carbonyl (C=O) groups is 2. The lowest BCUT2D eigenvalue weighted by atomic mass is 10.1. The summed E-state index contributed by atoms with van der Waals surface area (Å²) in [6.07, 6.45) is 1.54. The summed E-state index contributed by atoms with van der Waals surface area (Å²) in [4.78, 5) is 27.9. The van der Waals surface area contributed by atoms with Crippen LogP contribution in [0.4, 0.5) is 0 Å². The largest absolute Gasteiger partial charge is 0.493 e. The fourth-order valence-corrected chi connectivity index (χ4v) is 3.23. The summed E-state index contributed by atoms with van der Waals surface area (Å²) < 4.78 is 21.6. The molecule has 1 aliphatic rings. The van der Waals surface area contributed by atoms with Crippen LogP contribution in [-0.2, 0) is 19.1 Å². The Morgan fingerprint density at radius 3 is 2.70 bits per heavy atom. The zero-order valence-electron chi connectivity index (χ0n) is 16.3. The van der Waals surface area contributed by atoms with Gasteiger partial charge >= 0.3 is 11.9 Å². The fraction of sp³-hybridized carbons (Fsp3) is 0.190. The number of aryl methyl sites for hydroxylation is 1. The number of hydrogen-bond donors (Lipinski definition) is 0. The van der Waals surface area contributed by atoms with Gasteiger partial charge in [-0.1, -0.05) is 11.6 Å². The third-order valence-electron chi connectivity index (χ3n) is 4.14. The molecule has 1 aliphatic heterocycles. The van der Waals surface area contributed by atoms with Gasteiger partial charge in [-0.25, -0.2) is 14.6 Å². The number of nitrogens with zero attached hydrogens (tertiary/aromatic N) is 1. The number of cyclic esters (lactones) is 1. The monoisotopic (exact) mass is 541 g/mol. The Kier molecular flexibility index (Phi) is 6.99. The number of aliphatic imine (C=N–C) groups is 1. The molecule has 0 radical (unpaired) electrons. The lowest BCUT2D eigenvalue weighted by Crippen LogP contribution is -2.13. The van der Waals surface area contributed by atoms with Gasteiger partial charge in [0.05, 0.1) is 19.2 Å². The molecule has 0 spiro atoms. The van der Waals surface area contributed by atoms with E-state index < -0.39 is 11.9 Å². The van der Waals surface area contributed by atoms with Crippen LogP contribution >= 0.6 is 34.2 Å². The molecule has 0 unspecified atom stereocenters. The number of rotatable bonds is 6. The van der Waals surface area contributed by atoms with Crippen LogP contribution in [0.1, 0.15) is 16.7 Å². The van der Waals surface area contributed by atoms with Crippen molar-refractivity contribution in [3.05, 3.63) is 61.3 Å². The molecule has 30 heavy (non-hydrogen) atoms. The van der Waals surface area contributed by atoms with E-state index in [-0.39, 0.29) is 29.0 Å². The van der Waals surface area contributed by atoms with Crippen LogP contribution in [0.3, 0.4) is 0 Å². The van der Waals surface area contributed by atoms with Gasteiger partial charge in [0.15, 0.2) is 23.8 Å². The summed E-state index contributed by atoms with van der Waals surface area (Å²) >= 11 is 8.51. The molecule has 2 aromatic carbocycles. The SMILES string of the molecule is COC(=O)COc1c(Cl)cc(/C=C2\N=C(c3ccc(I)c(C)c3)OC2=O)cc1OC. The molecule has 2 aromatic rings. The highest BCUT2D eigenvalue weighted by Gasteiger charge is 2.25. The van der Waals surface area contributed by atoms with Crippen LogP contribution in [0.25, 0.3) is 6.08 Å². The van der Waals surface area contributed by atoms with Crippen molar-refractivity contribution < 1.29 is 28.5 Å². The molecule has 0 atom stereocenters. The van der Waals surface area contributed by atoms with Crippen molar-refractivity contribution in [3.8, 4) is 11.5 Å². The second-order valence-corrected chi connectivity index (χ2v) is 7.77. The van der Waals surface area contributed by atoms with Crippen molar-refractivity contribution in [2.24, 2.45) is 4.99 Å². The Balaban J connectivity index is 1.90. The van der Waals surface area contributed by atoms with E-state index in [1.165, 1.54) is 20.3 Å². The fourth-order valence-electron chi connectivity index (χ4n) is 2.62. The Morgan fingerprint density at radius 2 is 2.03 bits per heavy atom. The van der Waals surface area contributed by atoms with Crippen molar-refractivity contribution in [2.75, 3.05) is 20.8 Å². The summed E-state index contributed by atoms with van der Waals surface area (Å²) in [7, 11) is 2.69. The summed E-state index contributed by atoms with van der Waals surface area (Å²) in [5.74, 6) is -0.397. The normalized spacial score (nSPS) is 14.4. The number of benzene rings is 2. The average Bonchev–Trinajstić information content (AvgIpc) is 3.08. The van der Waals surface area contributed by atoms with E-state index in [4.69, 9.17) is 25.8 Å². The lowest BCUT2D eigenvalue weighted by molar-refractivity contribution is -0.143. The van der Waals surface area contributed by atoms with Crippen LogP contribution in [0, 0.1) is 10.5 Å². The number of hydrogen-bond acceptors (Lipinski definition) is 7. The van der Waals surface area contributed by atoms with Crippen LogP contribution in [0.5, 0.6) is 11.5 Å². The Labute approximate surface area is 191 Å². The first-order valence-electron chi connectivity index (χ1n) is 8.68. The van der Waals surface area contributed by atoms with Crippen molar-refractivity contribution in [1.29, 1.82) is 0 Å². The molecule has 1 heterocycles. The number of halogens is 2. The zero-order chi connectivity index (χ0) is 21.8. The Bertz CT molecular complexity index is 1080. The quantitative estimate of drug-likeness (QED) is 0.310. The van der Waals surface area contributed by atoms with Gasteiger partial charge in [0, 0.05) is 9.13 Å². The van der Waals surface area contributed by atoms with E-state index >= 15 is 0 Å². The molecule has 0 N–H and O–H groups in total. The third-order valence-corrected chi connectivity index (χ3v) is 5.63. The van der Waals surface area contributed by atoms with E-state index in [0.717, 1.165) is 9.13 Å². The van der Waals surface area contributed by atoms with Crippen LogP contribution in [0.2, 0.25) is 5.02 Å². The number of ether oxygens (including phenoxy) is 4. The molecule has 3 rings (SSSR count). The lowest BCUT2D eigenvalue weighted by Gasteiger charge is -2.12. The van der Waals surface area contributed by atoms with Gasteiger partial charge in [-0.3, -0.25) is 0 Å². The topological polar surface area (TPSA) is 83.4 Å². The smallest absolute Gasteiger partial charge is 0.363 e. The van der Waals surface area contributed by atoms with Crippen LogP contribution in [0.15, 0.2) is 41.0 Å². The second-order valence-electron chi connectivity index (χ2n) is 6.20. The van der Waals surface area contributed by atoms with E-state index in [0.29, 0.717) is 16.9 Å². The Hall–Kier alpha value is -2.59. The second kappa shape index (κ2) is 9.48. The molecule has 156 valence electrons. The first-order chi connectivity index (χ1) is 14.3. The molecular formula is C21H17ClINO6. The Morgan fingerprint density at radius 1 is 1.27 bits per heavy atom. The van der Waals surface area contributed by atoms with Gasteiger partial charge in [0.25, 0.3) is 0 Å². The molecule has 0 aliphatic carbocycles. The maximum absolute atomic E-state index is 12.3. The molecule has 0 aromatic heterocycles. The highest BCUT2D eigenvalue weighted by atomic mass is 127. The minimum absolute atomic E-state index is 0.127. The van der Waals surface area contributed by atoms with Gasteiger partial charge < -0.3 is 18.9 Å². The maximum atomic E-state index is 12.3. The van der Waals surface area contributed by atoms with Crippen LogP contribution < -0.4 is 9.47 Å². The highest BCUT2D eigenvalue weighted by Crippen LogP contribution is 2.37. The molecule has 0 saturated carbocycles. The minimum Gasteiger partial charge on any atom is -0.493 e. The van der Waals surface area contributed by atoms with Crippen molar-refractivity contribution in [1.82, 2.24) is 0 Å². The summed E-state index contributed by atoms with van der Waals surface area (Å²) in [5, 5.41) is 0.203. The van der Waals surface area contributed by atoms with Gasteiger partial charge in [-0.15, -0.1) is 0 Å². The molecule has 0 amide bonds. The summed E-state index contributed by atoms with van der Waals surface area (Å²) in [6.45, 7) is 1.65. The minimum atomic E-state index is -0.567. The molecule has 9 heteroatoms. The molecular weight excluding hydrogens is 525 g/mol. The first-order valence-corrected chi connectivity index (χ1v) is 10.1. The average molecular weight is 542 g/mol. The summed E-state index contributed by atoms with van der Waals surface area (Å²) in [6, 6.07) is 8.86.